The first-order valence-corrected chi connectivity index (χ1v) is 10.3. The highest BCUT2D eigenvalue weighted by molar-refractivity contribution is 5.87. The van der Waals surface area contributed by atoms with Crippen LogP contribution in [0.5, 0.6) is 0 Å². The molecule has 0 unspecified atom stereocenters. The van der Waals surface area contributed by atoms with Crippen LogP contribution in [0.3, 0.4) is 0 Å². The molecule has 0 atom stereocenters. The van der Waals surface area contributed by atoms with Gasteiger partial charge < -0.3 is 4.90 Å². The quantitative estimate of drug-likeness (QED) is 0.376. The van der Waals surface area contributed by atoms with Gasteiger partial charge in [-0.15, -0.1) is 0 Å². The van der Waals surface area contributed by atoms with E-state index in [2.05, 4.69) is 24.3 Å². The summed E-state index contributed by atoms with van der Waals surface area (Å²) >= 11 is 0. The van der Waals surface area contributed by atoms with Gasteiger partial charge in [-0.05, 0) is 22.3 Å². The zero-order valence-electron chi connectivity index (χ0n) is 16.9. The number of hydrogen-bond acceptors (Lipinski definition) is 1. The summed E-state index contributed by atoms with van der Waals surface area (Å²) in [5.74, 6) is -0.222. The van der Waals surface area contributed by atoms with Crippen LogP contribution < -0.4 is 0 Å². The van der Waals surface area contributed by atoms with Gasteiger partial charge in [0.05, 0.1) is 5.92 Å². The number of nitrogens with zero attached hydrogens (tertiary/aromatic N) is 1. The zero-order chi connectivity index (χ0) is 20.6. The molecule has 0 aliphatic carbocycles. The lowest BCUT2D eigenvalue weighted by Gasteiger charge is -2.28. The third-order valence-electron chi connectivity index (χ3n) is 5.26. The van der Waals surface area contributed by atoms with Crippen molar-refractivity contribution in [3.63, 3.8) is 0 Å². The fourth-order valence-corrected chi connectivity index (χ4v) is 3.77. The Hall–Kier alpha value is -3.65. The highest BCUT2D eigenvalue weighted by atomic mass is 16.2. The largest absolute Gasteiger partial charge is 0.333 e. The smallest absolute Gasteiger partial charge is 0.235 e. The standard InChI is InChI=1S/C28H25NO/c30-28(27(25-17-9-3-10-18-25)26-19-11-4-12-20-26)29(21-23-13-5-1-6-14-23)22-24-15-7-2-8-16-24/h1-20,27H,21-22H2. The molecule has 0 spiro atoms. The van der Waals surface area contributed by atoms with Crippen molar-refractivity contribution < 1.29 is 4.79 Å². The van der Waals surface area contributed by atoms with Gasteiger partial charge in [-0.1, -0.05) is 121 Å². The van der Waals surface area contributed by atoms with Gasteiger partial charge in [0.2, 0.25) is 5.91 Å². The van der Waals surface area contributed by atoms with E-state index < -0.39 is 0 Å². The lowest BCUT2D eigenvalue weighted by atomic mass is 9.89. The highest BCUT2D eigenvalue weighted by Crippen LogP contribution is 2.28. The minimum Gasteiger partial charge on any atom is -0.333 e. The van der Waals surface area contributed by atoms with Crippen LogP contribution >= 0.6 is 0 Å². The van der Waals surface area contributed by atoms with Crippen molar-refractivity contribution in [2.24, 2.45) is 0 Å². The zero-order valence-corrected chi connectivity index (χ0v) is 16.9. The molecule has 0 fully saturated rings. The number of rotatable bonds is 7. The van der Waals surface area contributed by atoms with Gasteiger partial charge in [0.25, 0.3) is 0 Å². The maximum absolute atomic E-state index is 14.0. The van der Waals surface area contributed by atoms with Gasteiger partial charge in [-0.3, -0.25) is 4.79 Å². The number of carbonyl (C=O) groups is 1. The maximum atomic E-state index is 14.0. The van der Waals surface area contributed by atoms with E-state index in [1.54, 1.807) is 0 Å². The molecule has 0 radical (unpaired) electrons. The summed E-state index contributed by atoms with van der Waals surface area (Å²) < 4.78 is 0. The van der Waals surface area contributed by atoms with Crippen molar-refractivity contribution in [2.75, 3.05) is 0 Å². The third kappa shape index (κ3) is 4.84. The molecular weight excluding hydrogens is 366 g/mol. The number of amides is 1. The van der Waals surface area contributed by atoms with Gasteiger partial charge in [-0.2, -0.15) is 0 Å². The van der Waals surface area contributed by atoms with Crippen LogP contribution in [0.2, 0.25) is 0 Å². The van der Waals surface area contributed by atoms with E-state index in [1.165, 1.54) is 0 Å². The molecule has 0 saturated heterocycles. The molecule has 2 nitrogen and oxygen atoms in total. The third-order valence-corrected chi connectivity index (χ3v) is 5.26. The molecule has 0 saturated carbocycles. The molecular formula is C28H25NO. The first-order chi connectivity index (χ1) is 14.8. The van der Waals surface area contributed by atoms with E-state index >= 15 is 0 Å². The Bertz CT molecular complexity index is 966. The van der Waals surface area contributed by atoms with Crippen LogP contribution in [0, 0.1) is 0 Å². The summed E-state index contributed by atoms with van der Waals surface area (Å²) in [6, 6.07) is 40.5. The SMILES string of the molecule is O=C(C(c1ccccc1)c1ccccc1)N(Cc1ccccc1)Cc1ccccc1. The summed E-state index contributed by atoms with van der Waals surface area (Å²) in [7, 11) is 0. The van der Waals surface area contributed by atoms with Crippen molar-refractivity contribution in [2.45, 2.75) is 19.0 Å². The van der Waals surface area contributed by atoms with Crippen LogP contribution in [0.1, 0.15) is 28.2 Å². The summed E-state index contributed by atoms with van der Waals surface area (Å²) in [5.41, 5.74) is 4.28. The van der Waals surface area contributed by atoms with Gasteiger partial charge >= 0.3 is 0 Å². The molecule has 1 amide bonds. The molecule has 0 aliphatic heterocycles. The number of hydrogen-bond donors (Lipinski definition) is 0. The Morgan fingerprint density at radius 1 is 0.533 bits per heavy atom. The van der Waals surface area contributed by atoms with Gasteiger partial charge in [0.1, 0.15) is 0 Å². The van der Waals surface area contributed by atoms with E-state index in [9.17, 15) is 4.79 Å². The first kappa shape index (κ1) is 19.7. The average molecular weight is 392 g/mol. The summed E-state index contributed by atoms with van der Waals surface area (Å²) in [5, 5.41) is 0. The molecule has 0 aromatic heterocycles. The molecule has 0 aliphatic rings. The molecule has 0 bridgehead atoms. The second-order valence-electron chi connectivity index (χ2n) is 7.42. The molecule has 4 rings (SSSR count). The highest BCUT2D eigenvalue weighted by Gasteiger charge is 2.27. The fourth-order valence-electron chi connectivity index (χ4n) is 3.77. The second kappa shape index (κ2) is 9.71. The van der Waals surface area contributed by atoms with Crippen LogP contribution in [0.4, 0.5) is 0 Å². The van der Waals surface area contributed by atoms with Crippen molar-refractivity contribution in [3.05, 3.63) is 144 Å². The van der Waals surface area contributed by atoms with Gasteiger partial charge in [-0.25, -0.2) is 0 Å². The normalized spacial score (nSPS) is 10.7. The topological polar surface area (TPSA) is 20.3 Å². The van der Waals surface area contributed by atoms with E-state index in [4.69, 9.17) is 0 Å². The molecule has 0 N–H and O–H groups in total. The van der Waals surface area contributed by atoms with E-state index in [-0.39, 0.29) is 11.8 Å². The molecule has 0 heterocycles. The lowest BCUT2D eigenvalue weighted by molar-refractivity contribution is -0.133. The Kier molecular flexibility index (Phi) is 6.36. The Morgan fingerprint density at radius 2 is 0.867 bits per heavy atom. The van der Waals surface area contributed by atoms with Crippen molar-refractivity contribution in [3.8, 4) is 0 Å². The van der Waals surface area contributed by atoms with E-state index in [0.29, 0.717) is 13.1 Å². The molecule has 4 aromatic rings. The average Bonchev–Trinajstić information content (AvgIpc) is 2.81. The number of carbonyl (C=O) groups excluding carboxylic acids is 1. The minimum atomic E-state index is -0.333. The van der Waals surface area contributed by atoms with E-state index in [0.717, 1.165) is 22.3 Å². The van der Waals surface area contributed by atoms with Crippen molar-refractivity contribution in [1.29, 1.82) is 0 Å². The minimum absolute atomic E-state index is 0.111. The molecule has 148 valence electrons. The molecule has 4 aromatic carbocycles. The predicted octanol–water partition coefficient (Wildman–Crippen LogP) is 6.05. The fraction of sp³-hybridized carbons (Fsp3) is 0.107. The summed E-state index contributed by atoms with van der Waals surface area (Å²) in [6.07, 6.45) is 0. The first-order valence-electron chi connectivity index (χ1n) is 10.3. The Morgan fingerprint density at radius 3 is 1.23 bits per heavy atom. The monoisotopic (exact) mass is 391 g/mol. The lowest BCUT2D eigenvalue weighted by Crippen LogP contribution is -2.34. The van der Waals surface area contributed by atoms with Crippen LogP contribution in [0.15, 0.2) is 121 Å². The molecule has 2 heteroatoms. The van der Waals surface area contributed by atoms with Gasteiger partial charge in [0.15, 0.2) is 0 Å². The van der Waals surface area contributed by atoms with Crippen molar-refractivity contribution in [1.82, 2.24) is 4.90 Å². The Balaban J connectivity index is 1.71. The van der Waals surface area contributed by atoms with Crippen LogP contribution in [0.25, 0.3) is 0 Å². The Labute approximate surface area is 178 Å². The van der Waals surface area contributed by atoms with Crippen LogP contribution in [-0.4, -0.2) is 10.8 Å². The maximum Gasteiger partial charge on any atom is 0.235 e. The second-order valence-corrected chi connectivity index (χ2v) is 7.42. The van der Waals surface area contributed by atoms with Crippen LogP contribution in [-0.2, 0) is 17.9 Å². The predicted molar refractivity (Wildman–Crippen MR) is 122 cm³/mol. The van der Waals surface area contributed by atoms with E-state index in [1.807, 2.05) is 102 Å². The summed E-state index contributed by atoms with van der Waals surface area (Å²) in [6.45, 7) is 1.15. The summed E-state index contributed by atoms with van der Waals surface area (Å²) in [4.78, 5) is 15.9. The number of benzene rings is 4. The van der Waals surface area contributed by atoms with Crippen molar-refractivity contribution >= 4 is 5.91 Å². The molecule has 30 heavy (non-hydrogen) atoms. The van der Waals surface area contributed by atoms with Gasteiger partial charge in [0, 0.05) is 13.1 Å².